The molecular formula is C7H16N2O. The largest absolute Gasteiger partial charge is 0.363 e. The van der Waals surface area contributed by atoms with E-state index in [0.717, 1.165) is 39.1 Å². The van der Waals surface area contributed by atoms with Crippen LogP contribution in [-0.4, -0.2) is 25.9 Å². The summed E-state index contributed by atoms with van der Waals surface area (Å²) in [7, 11) is 0. The van der Waals surface area contributed by atoms with Crippen LogP contribution in [0.15, 0.2) is 0 Å². The van der Waals surface area contributed by atoms with E-state index in [1.54, 1.807) is 0 Å². The van der Waals surface area contributed by atoms with Gasteiger partial charge in [0.05, 0.1) is 12.8 Å². The SMILES string of the molecule is NCCCC1CCNCO1. The van der Waals surface area contributed by atoms with Gasteiger partial charge < -0.3 is 10.5 Å². The third-order valence-corrected chi connectivity index (χ3v) is 1.79. The molecule has 1 aliphatic rings. The second kappa shape index (κ2) is 4.66. The van der Waals surface area contributed by atoms with Gasteiger partial charge in [-0.15, -0.1) is 0 Å². The molecule has 0 spiro atoms. The van der Waals surface area contributed by atoms with E-state index < -0.39 is 0 Å². The molecule has 0 aromatic rings. The first-order valence-electron chi connectivity index (χ1n) is 3.96. The molecule has 0 aliphatic carbocycles. The van der Waals surface area contributed by atoms with Crippen LogP contribution >= 0.6 is 0 Å². The molecule has 1 saturated heterocycles. The summed E-state index contributed by atoms with van der Waals surface area (Å²) in [4.78, 5) is 0. The smallest absolute Gasteiger partial charge is 0.0969 e. The average Bonchev–Trinajstić information content (AvgIpc) is 2.03. The third-order valence-electron chi connectivity index (χ3n) is 1.79. The molecule has 0 radical (unpaired) electrons. The van der Waals surface area contributed by atoms with Crippen LogP contribution in [0.4, 0.5) is 0 Å². The summed E-state index contributed by atoms with van der Waals surface area (Å²) in [5.74, 6) is 0. The normalized spacial score (nSPS) is 26.7. The Bertz CT molecular complexity index is 81.7. The van der Waals surface area contributed by atoms with Crippen molar-refractivity contribution in [3.05, 3.63) is 0 Å². The molecule has 3 N–H and O–H groups in total. The number of hydrogen-bond donors (Lipinski definition) is 2. The van der Waals surface area contributed by atoms with E-state index in [9.17, 15) is 0 Å². The first kappa shape index (κ1) is 7.98. The highest BCUT2D eigenvalue weighted by atomic mass is 16.5. The van der Waals surface area contributed by atoms with E-state index in [2.05, 4.69) is 5.32 Å². The number of rotatable bonds is 3. The van der Waals surface area contributed by atoms with Gasteiger partial charge in [-0.05, 0) is 32.4 Å². The molecule has 0 bridgehead atoms. The molecule has 1 aliphatic heterocycles. The van der Waals surface area contributed by atoms with Gasteiger partial charge in [0.15, 0.2) is 0 Å². The van der Waals surface area contributed by atoms with Crippen LogP contribution in [-0.2, 0) is 4.74 Å². The van der Waals surface area contributed by atoms with Crippen LogP contribution in [0.2, 0.25) is 0 Å². The zero-order chi connectivity index (χ0) is 7.23. The van der Waals surface area contributed by atoms with Gasteiger partial charge in [0.25, 0.3) is 0 Å². The molecule has 3 heteroatoms. The lowest BCUT2D eigenvalue weighted by atomic mass is 10.1. The van der Waals surface area contributed by atoms with Crippen molar-refractivity contribution in [1.29, 1.82) is 0 Å². The highest BCUT2D eigenvalue weighted by molar-refractivity contribution is 4.63. The number of nitrogens with two attached hydrogens (primary N) is 1. The maximum Gasteiger partial charge on any atom is 0.0969 e. The highest BCUT2D eigenvalue weighted by Gasteiger charge is 2.11. The van der Waals surface area contributed by atoms with Crippen molar-refractivity contribution < 1.29 is 4.74 Å². The van der Waals surface area contributed by atoms with E-state index in [1.165, 1.54) is 0 Å². The fourth-order valence-electron chi connectivity index (χ4n) is 1.17. The van der Waals surface area contributed by atoms with E-state index >= 15 is 0 Å². The van der Waals surface area contributed by atoms with Crippen molar-refractivity contribution >= 4 is 0 Å². The first-order chi connectivity index (χ1) is 4.93. The second-order valence-corrected chi connectivity index (χ2v) is 2.65. The van der Waals surface area contributed by atoms with Crippen LogP contribution in [0, 0.1) is 0 Å². The standard InChI is InChI=1S/C7H16N2O/c8-4-1-2-7-3-5-9-6-10-7/h7,9H,1-6,8H2. The Balaban J connectivity index is 2.02. The molecule has 1 rings (SSSR count). The fraction of sp³-hybridized carbons (Fsp3) is 1.00. The third kappa shape index (κ3) is 2.64. The summed E-state index contributed by atoms with van der Waals surface area (Å²) in [5, 5.41) is 3.14. The van der Waals surface area contributed by atoms with Gasteiger partial charge in [-0.3, -0.25) is 5.32 Å². The Morgan fingerprint density at radius 1 is 1.60 bits per heavy atom. The molecule has 0 aromatic heterocycles. The fourth-order valence-corrected chi connectivity index (χ4v) is 1.17. The quantitative estimate of drug-likeness (QED) is 0.589. The first-order valence-corrected chi connectivity index (χ1v) is 3.96. The molecule has 0 amide bonds. The van der Waals surface area contributed by atoms with Gasteiger partial charge in [-0.25, -0.2) is 0 Å². The summed E-state index contributed by atoms with van der Waals surface area (Å²) >= 11 is 0. The minimum Gasteiger partial charge on any atom is -0.363 e. The molecule has 1 atom stereocenters. The van der Waals surface area contributed by atoms with E-state index in [1.807, 2.05) is 0 Å². The minimum atomic E-state index is 0.463. The zero-order valence-electron chi connectivity index (χ0n) is 6.31. The van der Waals surface area contributed by atoms with Gasteiger partial charge in [0, 0.05) is 0 Å². The Kier molecular flexibility index (Phi) is 3.72. The molecule has 1 heterocycles. The Morgan fingerprint density at radius 3 is 3.10 bits per heavy atom. The molecule has 1 fully saturated rings. The molecule has 0 saturated carbocycles. The summed E-state index contributed by atoms with van der Waals surface area (Å²) in [6, 6.07) is 0. The van der Waals surface area contributed by atoms with Crippen molar-refractivity contribution in [1.82, 2.24) is 5.32 Å². The molecule has 10 heavy (non-hydrogen) atoms. The van der Waals surface area contributed by atoms with Crippen LogP contribution in [0.1, 0.15) is 19.3 Å². The summed E-state index contributed by atoms with van der Waals surface area (Å²) in [5.41, 5.74) is 5.37. The van der Waals surface area contributed by atoms with Gasteiger partial charge in [-0.1, -0.05) is 0 Å². The van der Waals surface area contributed by atoms with Gasteiger partial charge in [-0.2, -0.15) is 0 Å². The topological polar surface area (TPSA) is 47.3 Å². The van der Waals surface area contributed by atoms with Crippen LogP contribution < -0.4 is 11.1 Å². The Morgan fingerprint density at radius 2 is 2.50 bits per heavy atom. The van der Waals surface area contributed by atoms with E-state index in [0.29, 0.717) is 6.10 Å². The Labute approximate surface area is 61.9 Å². The summed E-state index contributed by atoms with van der Waals surface area (Å²) in [6.45, 7) is 2.60. The highest BCUT2D eigenvalue weighted by Crippen LogP contribution is 2.07. The molecule has 0 aromatic carbocycles. The molecule has 3 nitrogen and oxygen atoms in total. The number of nitrogens with one attached hydrogen (secondary N) is 1. The second-order valence-electron chi connectivity index (χ2n) is 2.65. The molecular weight excluding hydrogens is 128 g/mol. The van der Waals surface area contributed by atoms with Gasteiger partial charge in [0.2, 0.25) is 0 Å². The van der Waals surface area contributed by atoms with Gasteiger partial charge in [0.1, 0.15) is 0 Å². The predicted octanol–water partition coefficient (Wildman–Crippen LogP) is 0.0613. The van der Waals surface area contributed by atoms with Gasteiger partial charge >= 0.3 is 0 Å². The minimum absolute atomic E-state index is 0.463. The number of hydrogen-bond acceptors (Lipinski definition) is 3. The lowest BCUT2D eigenvalue weighted by Gasteiger charge is -2.22. The Hall–Kier alpha value is -0.120. The van der Waals surface area contributed by atoms with Crippen molar-refractivity contribution in [2.75, 3.05) is 19.8 Å². The lowest BCUT2D eigenvalue weighted by Crippen LogP contribution is -2.33. The van der Waals surface area contributed by atoms with Crippen molar-refractivity contribution in [3.63, 3.8) is 0 Å². The van der Waals surface area contributed by atoms with Crippen molar-refractivity contribution in [2.45, 2.75) is 25.4 Å². The maximum atomic E-state index is 5.41. The average molecular weight is 144 g/mol. The van der Waals surface area contributed by atoms with Crippen molar-refractivity contribution in [3.8, 4) is 0 Å². The predicted molar refractivity (Wildman–Crippen MR) is 40.6 cm³/mol. The zero-order valence-corrected chi connectivity index (χ0v) is 6.31. The molecule has 1 unspecified atom stereocenters. The monoisotopic (exact) mass is 144 g/mol. The van der Waals surface area contributed by atoms with Crippen LogP contribution in [0.5, 0.6) is 0 Å². The molecule has 60 valence electrons. The van der Waals surface area contributed by atoms with E-state index in [4.69, 9.17) is 10.5 Å². The number of ether oxygens (including phenoxy) is 1. The summed E-state index contributed by atoms with van der Waals surface area (Å²) < 4.78 is 5.41. The lowest BCUT2D eigenvalue weighted by molar-refractivity contribution is 0.00212. The van der Waals surface area contributed by atoms with E-state index in [-0.39, 0.29) is 0 Å². The van der Waals surface area contributed by atoms with Crippen molar-refractivity contribution in [2.24, 2.45) is 5.73 Å². The summed E-state index contributed by atoms with van der Waals surface area (Å²) in [6.07, 6.45) is 3.81. The maximum absolute atomic E-state index is 5.41. The van der Waals surface area contributed by atoms with Crippen LogP contribution in [0.3, 0.4) is 0 Å². The van der Waals surface area contributed by atoms with Crippen LogP contribution in [0.25, 0.3) is 0 Å².